The van der Waals surface area contributed by atoms with E-state index in [1.807, 2.05) is 0 Å². The van der Waals surface area contributed by atoms with Crippen LogP contribution in [0, 0.1) is 5.82 Å². The third kappa shape index (κ3) is 2.60. The number of halogens is 3. The van der Waals surface area contributed by atoms with E-state index >= 15 is 0 Å². The van der Waals surface area contributed by atoms with Crippen molar-refractivity contribution in [3.05, 3.63) is 34.1 Å². The van der Waals surface area contributed by atoms with Gasteiger partial charge in [-0.05, 0) is 33.6 Å². The summed E-state index contributed by atoms with van der Waals surface area (Å²) in [4.78, 5) is 10.7. The zero-order valence-electron chi connectivity index (χ0n) is 7.50. The van der Waals surface area contributed by atoms with E-state index in [1.54, 1.807) is 12.1 Å². The normalized spacial score (nSPS) is 19.1. The maximum atomic E-state index is 13.1. The van der Waals surface area contributed by atoms with E-state index in [9.17, 15) is 9.18 Å². The van der Waals surface area contributed by atoms with Crippen molar-refractivity contribution in [3.63, 3.8) is 0 Å². The van der Waals surface area contributed by atoms with Crippen molar-refractivity contribution >= 4 is 34.4 Å². The minimum Gasteiger partial charge on any atom is -0.447 e. The number of carbonyl (C=O) groups excluding carboxylic acids is 1. The smallest absolute Gasteiger partial charge is 0.407 e. The molecule has 1 aliphatic heterocycles. The highest BCUT2D eigenvalue weighted by atomic mass is 79.9. The molecule has 1 saturated heterocycles. The Morgan fingerprint density at radius 2 is 2.27 bits per heavy atom. The lowest BCUT2D eigenvalue weighted by Gasteiger charge is -2.07. The van der Waals surface area contributed by atoms with Crippen LogP contribution in [0.25, 0.3) is 0 Å². The standard InChI is InChI=1S/C9H7BrFNO2.ClH/c10-6-2-1-5(3-7(6)11)8-4-14-9(13)12-8;/h1-3,8H,4H2,(H,12,13);1H/t8-;/m1./s1. The highest BCUT2D eigenvalue weighted by Crippen LogP contribution is 2.22. The number of nitrogens with one attached hydrogen (secondary N) is 1. The molecule has 0 radical (unpaired) electrons. The molecule has 3 nitrogen and oxygen atoms in total. The number of cyclic esters (lactones) is 1. The van der Waals surface area contributed by atoms with Crippen molar-refractivity contribution < 1.29 is 13.9 Å². The van der Waals surface area contributed by atoms with Gasteiger partial charge in [0.15, 0.2) is 0 Å². The van der Waals surface area contributed by atoms with Gasteiger partial charge in [0.1, 0.15) is 12.4 Å². The van der Waals surface area contributed by atoms with Crippen LogP contribution in [0.4, 0.5) is 9.18 Å². The summed E-state index contributed by atoms with van der Waals surface area (Å²) < 4.78 is 18.2. The molecule has 1 atom stereocenters. The number of carbonyl (C=O) groups is 1. The van der Waals surface area contributed by atoms with E-state index in [2.05, 4.69) is 21.2 Å². The molecule has 0 spiro atoms. The lowest BCUT2D eigenvalue weighted by Crippen LogP contribution is -2.18. The second kappa shape index (κ2) is 4.81. The fourth-order valence-electron chi connectivity index (χ4n) is 1.29. The Labute approximate surface area is 101 Å². The van der Waals surface area contributed by atoms with Gasteiger partial charge in [0.05, 0.1) is 10.5 Å². The second-order valence-corrected chi connectivity index (χ2v) is 3.82. The highest BCUT2D eigenvalue weighted by molar-refractivity contribution is 9.10. The van der Waals surface area contributed by atoms with E-state index in [0.29, 0.717) is 10.0 Å². The molecule has 0 aromatic heterocycles. The van der Waals surface area contributed by atoms with E-state index in [1.165, 1.54) is 6.07 Å². The van der Waals surface area contributed by atoms with E-state index in [4.69, 9.17) is 4.74 Å². The molecule has 2 rings (SSSR count). The lowest BCUT2D eigenvalue weighted by atomic mass is 10.1. The third-order valence-corrected chi connectivity index (χ3v) is 2.66. The quantitative estimate of drug-likeness (QED) is 0.865. The van der Waals surface area contributed by atoms with Gasteiger partial charge in [0.2, 0.25) is 0 Å². The van der Waals surface area contributed by atoms with Crippen LogP contribution < -0.4 is 5.32 Å². The van der Waals surface area contributed by atoms with Crippen LogP contribution in [0.15, 0.2) is 22.7 Å². The fraction of sp³-hybridized carbons (Fsp3) is 0.222. The van der Waals surface area contributed by atoms with Gasteiger partial charge >= 0.3 is 6.09 Å². The van der Waals surface area contributed by atoms with Gasteiger partial charge in [-0.2, -0.15) is 0 Å². The number of amides is 1. The minimum absolute atomic E-state index is 0. The molecule has 1 N–H and O–H groups in total. The fourth-order valence-corrected chi connectivity index (χ4v) is 1.54. The molecule has 1 heterocycles. The number of alkyl carbamates (subject to hydrolysis) is 1. The van der Waals surface area contributed by atoms with Gasteiger partial charge in [-0.25, -0.2) is 9.18 Å². The SMILES string of the molecule is Cl.O=C1N[C@@H](c2ccc(Br)c(F)c2)CO1. The predicted molar refractivity (Wildman–Crippen MR) is 58.6 cm³/mol. The van der Waals surface area contributed by atoms with Crippen LogP contribution in [0.2, 0.25) is 0 Å². The Bertz CT molecular complexity index is 388. The Morgan fingerprint density at radius 3 is 2.80 bits per heavy atom. The van der Waals surface area contributed by atoms with Crippen molar-refractivity contribution in [1.82, 2.24) is 5.32 Å². The summed E-state index contributed by atoms with van der Waals surface area (Å²) in [5, 5.41) is 2.57. The summed E-state index contributed by atoms with van der Waals surface area (Å²) in [6.45, 7) is 0.250. The number of benzene rings is 1. The minimum atomic E-state index is -0.460. The lowest BCUT2D eigenvalue weighted by molar-refractivity contribution is 0.177. The van der Waals surface area contributed by atoms with Crippen LogP contribution in [-0.2, 0) is 4.74 Å². The number of hydrogen-bond donors (Lipinski definition) is 1. The molecule has 0 aliphatic carbocycles. The van der Waals surface area contributed by atoms with Gasteiger partial charge in [0.25, 0.3) is 0 Å². The number of ether oxygens (including phenoxy) is 1. The monoisotopic (exact) mass is 295 g/mol. The summed E-state index contributed by atoms with van der Waals surface area (Å²) in [6, 6.07) is 4.48. The highest BCUT2D eigenvalue weighted by Gasteiger charge is 2.24. The molecule has 0 unspecified atom stereocenters. The Kier molecular flexibility index (Phi) is 3.93. The molecule has 82 valence electrons. The molecule has 0 bridgehead atoms. The molecule has 1 aromatic rings. The van der Waals surface area contributed by atoms with Gasteiger partial charge in [0, 0.05) is 0 Å². The summed E-state index contributed by atoms with van der Waals surface area (Å²) in [5.41, 5.74) is 0.705. The Balaban J connectivity index is 0.00000112. The molecule has 0 saturated carbocycles. The van der Waals surface area contributed by atoms with Gasteiger partial charge in [-0.3, -0.25) is 0 Å². The van der Waals surface area contributed by atoms with Crippen LogP contribution in [0.3, 0.4) is 0 Å². The molecule has 1 amide bonds. The molecule has 15 heavy (non-hydrogen) atoms. The molecular formula is C9H8BrClFNO2. The Hall–Kier alpha value is -0.810. The molecule has 1 fully saturated rings. The maximum absolute atomic E-state index is 13.1. The first-order valence-electron chi connectivity index (χ1n) is 4.05. The van der Waals surface area contributed by atoms with Crippen LogP contribution in [-0.4, -0.2) is 12.7 Å². The average molecular weight is 297 g/mol. The van der Waals surface area contributed by atoms with Crippen molar-refractivity contribution in [2.45, 2.75) is 6.04 Å². The molecule has 6 heteroatoms. The van der Waals surface area contributed by atoms with Crippen molar-refractivity contribution in [3.8, 4) is 0 Å². The van der Waals surface area contributed by atoms with E-state index in [-0.39, 0.29) is 30.9 Å². The van der Waals surface area contributed by atoms with Gasteiger partial charge < -0.3 is 10.1 Å². The van der Waals surface area contributed by atoms with Crippen LogP contribution in [0.1, 0.15) is 11.6 Å². The topological polar surface area (TPSA) is 38.3 Å². The maximum Gasteiger partial charge on any atom is 0.407 e. The summed E-state index contributed by atoms with van der Waals surface area (Å²) in [7, 11) is 0. The molecule has 1 aliphatic rings. The largest absolute Gasteiger partial charge is 0.447 e. The average Bonchev–Trinajstić information content (AvgIpc) is 2.57. The summed E-state index contributed by atoms with van der Waals surface area (Å²) in [6.07, 6.45) is -0.460. The van der Waals surface area contributed by atoms with E-state index < -0.39 is 6.09 Å². The number of hydrogen-bond acceptors (Lipinski definition) is 2. The first-order chi connectivity index (χ1) is 6.66. The third-order valence-electron chi connectivity index (χ3n) is 2.02. The second-order valence-electron chi connectivity index (χ2n) is 2.97. The van der Waals surface area contributed by atoms with Crippen molar-refractivity contribution in [2.75, 3.05) is 6.61 Å². The summed E-state index contributed by atoms with van der Waals surface area (Å²) in [5.74, 6) is -0.344. The zero-order chi connectivity index (χ0) is 10.1. The van der Waals surface area contributed by atoms with Crippen molar-refractivity contribution in [1.29, 1.82) is 0 Å². The Morgan fingerprint density at radius 1 is 1.53 bits per heavy atom. The van der Waals surface area contributed by atoms with Gasteiger partial charge in [-0.1, -0.05) is 6.07 Å². The predicted octanol–water partition coefficient (Wildman–Crippen LogP) is 2.79. The van der Waals surface area contributed by atoms with Gasteiger partial charge in [-0.15, -0.1) is 12.4 Å². The summed E-state index contributed by atoms with van der Waals surface area (Å²) >= 11 is 3.06. The zero-order valence-corrected chi connectivity index (χ0v) is 9.90. The van der Waals surface area contributed by atoms with Crippen LogP contribution in [0.5, 0.6) is 0 Å². The molecular weight excluding hydrogens is 288 g/mol. The van der Waals surface area contributed by atoms with Crippen molar-refractivity contribution in [2.24, 2.45) is 0 Å². The first kappa shape index (κ1) is 12.3. The number of rotatable bonds is 1. The first-order valence-corrected chi connectivity index (χ1v) is 4.84. The van der Waals surface area contributed by atoms with Crippen LogP contribution >= 0.6 is 28.3 Å². The molecule has 1 aromatic carbocycles. The van der Waals surface area contributed by atoms with E-state index in [0.717, 1.165) is 0 Å².